The van der Waals surface area contributed by atoms with Gasteiger partial charge < -0.3 is 4.74 Å². The molecule has 0 aliphatic rings. The first-order valence-corrected chi connectivity index (χ1v) is 5.97. The van der Waals surface area contributed by atoms with Gasteiger partial charge in [-0.05, 0) is 6.42 Å². The number of unbranched alkanes of at least 4 members (excludes halogenated alkanes) is 5. The van der Waals surface area contributed by atoms with Gasteiger partial charge in [-0.15, -0.1) is 11.6 Å². The van der Waals surface area contributed by atoms with Crippen molar-refractivity contribution in [1.29, 1.82) is 0 Å². The summed E-state index contributed by atoms with van der Waals surface area (Å²) in [6.45, 7) is 2.24. The highest BCUT2D eigenvalue weighted by Crippen LogP contribution is 2.10. The standard InChI is InChI=1S/C11H23ClO/c1-3-4-5-6-7-8-9-11(10-12)13-2/h11H,3-10H2,1-2H3. The Kier molecular flexibility index (Phi) is 10.5. The molecule has 1 nitrogen and oxygen atoms in total. The SMILES string of the molecule is CCCCCCCCC(CCl)OC. The second-order valence-electron chi connectivity index (χ2n) is 3.57. The summed E-state index contributed by atoms with van der Waals surface area (Å²) in [4.78, 5) is 0. The van der Waals surface area contributed by atoms with Crippen LogP contribution in [0.3, 0.4) is 0 Å². The third kappa shape index (κ3) is 8.58. The third-order valence-electron chi connectivity index (χ3n) is 2.39. The van der Waals surface area contributed by atoms with Crippen LogP contribution in [-0.2, 0) is 4.74 Å². The molecule has 0 aromatic carbocycles. The van der Waals surface area contributed by atoms with E-state index in [0.29, 0.717) is 5.88 Å². The molecule has 0 heterocycles. The first-order valence-electron chi connectivity index (χ1n) is 5.43. The van der Waals surface area contributed by atoms with Crippen molar-refractivity contribution in [2.24, 2.45) is 0 Å². The second kappa shape index (κ2) is 10.3. The van der Waals surface area contributed by atoms with E-state index in [1.54, 1.807) is 7.11 Å². The minimum Gasteiger partial charge on any atom is -0.380 e. The van der Waals surface area contributed by atoms with E-state index < -0.39 is 0 Å². The van der Waals surface area contributed by atoms with Crippen LogP contribution in [0.1, 0.15) is 51.9 Å². The molecular weight excluding hydrogens is 184 g/mol. The summed E-state index contributed by atoms with van der Waals surface area (Å²) in [6.07, 6.45) is 9.43. The summed E-state index contributed by atoms with van der Waals surface area (Å²) in [5.41, 5.74) is 0. The van der Waals surface area contributed by atoms with Crippen LogP contribution in [0.5, 0.6) is 0 Å². The minimum absolute atomic E-state index is 0.271. The summed E-state index contributed by atoms with van der Waals surface area (Å²) in [7, 11) is 1.74. The van der Waals surface area contributed by atoms with Crippen LogP contribution < -0.4 is 0 Å². The van der Waals surface area contributed by atoms with Crippen LogP contribution >= 0.6 is 11.6 Å². The Morgan fingerprint density at radius 2 is 1.69 bits per heavy atom. The Hall–Kier alpha value is 0.250. The fraction of sp³-hybridized carbons (Fsp3) is 1.00. The molecule has 0 aromatic heterocycles. The Balaban J connectivity index is 3.05. The van der Waals surface area contributed by atoms with Gasteiger partial charge in [0.2, 0.25) is 0 Å². The Morgan fingerprint density at radius 1 is 1.08 bits per heavy atom. The van der Waals surface area contributed by atoms with Crippen molar-refractivity contribution in [1.82, 2.24) is 0 Å². The third-order valence-corrected chi connectivity index (χ3v) is 2.73. The Labute approximate surface area is 87.8 Å². The molecular formula is C11H23ClO. The number of hydrogen-bond donors (Lipinski definition) is 0. The molecule has 0 saturated carbocycles. The molecule has 0 fully saturated rings. The van der Waals surface area contributed by atoms with Crippen molar-refractivity contribution in [3.63, 3.8) is 0 Å². The average molecular weight is 207 g/mol. The number of methoxy groups -OCH3 is 1. The van der Waals surface area contributed by atoms with Gasteiger partial charge in [0.25, 0.3) is 0 Å². The predicted molar refractivity (Wildman–Crippen MR) is 59.5 cm³/mol. The normalized spacial score (nSPS) is 13.2. The van der Waals surface area contributed by atoms with Gasteiger partial charge in [0.05, 0.1) is 6.10 Å². The van der Waals surface area contributed by atoms with Crippen molar-refractivity contribution in [2.75, 3.05) is 13.0 Å². The van der Waals surface area contributed by atoms with Gasteiger partial charge in [-0.25, -0.2) is 0 Å². The first-order chi connectivity index (χ1) is 6.35. The molecule has 2 heteroatoms. The topological polar surface area (TPSA) is 9.23 Å². The highest BCUT2D eigenvalue weighted by molar-refractivity contribution is 6.18. The zero-order chi connectivity index (χ0) is 9.94. The van der Waals surface area contributed by atoms with Gasteiger partial charge in [-0.1, -0.05) is 45.4 Å². The minimum atomic E-state index is 0.271. The number of hydrogen-bond acceptors (Lipinski definition) is 1. The smallest absolute Gasteiger partial charge is 0.0706 e. The summed E-state index contributed by atoms with van der Waals surface area (Å²) >= 11 is 5.71. The van der Waals surface area contributed by atoms with Crippen molar-refractivity contribution in [3.05, 3.63) is 0 Å². The summed E-state index contributed by atoms with van der Waals surface area (Å²) in [5, 5.41) is 0. The van der Waals surface area contributed by atoms with Gasteiger partial charge in [-0.3, -0.25) is 0 Å². The summed E-state index contributed by atoms with van der Waals surface area (Å²) in [6, 6.07) is 0. The van der Waals surface area contributed by atoms with Gasteiger partial charge in [0, 0.05) is 13.0 Å². The van der Waals surface area contributed by atoms with Crippen LogP contribution in [0.4, 0.5) is 0 Å². The zero-order valence-corrected chi connectivity index (χ0v) is 9.78. The van der Waals surface area contributed by atoms with Crippen molar-refractivity contribution in [2.45, 2.75) is 58.0 Å². The van der Waals surface area contributed by atoms with Crippen LogP contribution in [0, 0.1) is 0 Å². The number of alkyl halides is 1. The van der Waals surface area contributed by atoms with Gasteiger partial charge in [-0.2, -0.15) is 0 Å². The van der Waals surface area contributed by atoms with E-state index in [-0.39, 0.29) is 6.10 Å². The van der Waals surface area contributed by atoms with E-state index in [1.807, 2.05) is 0 Å². The molecule has 0 aliphatic carbocycles. The lowest BCUT2D eigenvalue weighted by molar-refractivity contribution is 0.111. The maximum atomic E-state index is 5.71. The number of rotatable bonds is 9. The summed E-state index contributed by atoms with van der Waals surface area (Å²) < 4.78 is 5.20. The molecule has 0 rings (SSSR count). The largest absolute Gasteiger partial charge is 0.380 e. The van der Waals surface area contributed by atoms with Crippen LogP contribution in [0.15, 0.2) is 0 Å². The molecule has 1 unspecified atom stereocenters. The Bertz CT molecular complexity index is 92.1. The fourth-order valence-electron chi connectivity index (χ4n) is 1.41. The van der Waals surface area contributed by atoms with E-state index in [2.05, 4.69) is 6.92 Å². The van der Waals surface area contributed by atoms with Crippen LogP contribution in [0.2, 0.25) is 0 Å². The van der Waals surface area contributed by atoms with Crippen molar-refractivity contribution < 1.29 is 4.74 Å². The predicted octanol–water partition coefficient (Wildman–Crippen LogP) is 3.99. The molecule has 0 radical (unpaired) electrons. The monoisotopic (exact) mass is 206 g/mol. The molecule has 80 valence electrons. The van der Waals surface area contributed by atoms with Gasteiger partial charge in [0.15, 0.2) is 0 Å². The quantitative estimate of drug-likeness (QED) is 0.410. The van der Waals surface area contributed by atoms with Crippen molar-refractivity contribution in [3.8, 4) is 0 Å². The highest BCUT2D eigenvalue weighted by Gasteiger charge is 2.03. The van der Waals surface area contributed by atoms with Gasteiger partial charge in [0.1, 0.15) is 0 Å². The van der Waals surface area contributed by atoms with E-state index in [4.69, 9.17) is 16.3 Å². The van der Waals surface area contributed by atoms with Crippen LogP contribution in [0.25, 0.3) is 0 Å². The number of halogens is 1. The first kappa shape index (κ1) is 13.2. The number of ether oxygens (including phenoxy) is 1. The highest BCUT2D eigenvalue weighted by atomic mass is 35.5. The second-order valence-corrected chi connectivity index (χ2v) is 3.88. The molecule has 0 spiro atoms. The molecule has 1 atom stereocenters. The maximum absolute atomic E-state index is 5.71. The van der Waals surface area contributed by atoms with Crippen LogP contribution in [-0.4, -0.2) is 19.1 Å². The molecule has 0 aliphatic heterocycles. The molecule has 13 heavy (non-hydrogen) atoms. The lowest BCUT2D eigenvalue weighted by Gasteiger charge is -2.10. The van der Waals surface area contributed by atoms with Crippen molar-refractivity contribution >= 4 is 11.6 Å². The lowest BCUT2D eigenvalue weighted by Crippen LogP contribution is -2.11. The Morgan fingerprint density at radius 3 is 2.23 bits per heavy atom. The zero-order valence-electron chi connectivity index (χ0n) is 9.02. The van der Waals surface area contributed by atoms with E-state index in [0.717, 1.165) is 6.42 Å². The molecule has 0 amide bonds. The van der Waals surface area contributed by atoms with E-state index in [9.17, 15) is 0 Å². The lowest BCUT2D eigenvalue weighted by atomic mass is 10.1. The molecule has 0 aromatic rings. The van der Waals surface area contributed by atoms with E-state index in [1.165, 1.54) is 38.5 Å². The molecule has 0 N–H and O–H groups in total. The maximum Gasteiger partial charge on any atom is 0.0706 e. The van der Waals surface area contributed by atoms with E-state index >= 15 is 0 Å². The fourth-order valence-corrected chi connectivity index (χ4v) is 1.69. The molecule has 0 saturated heterocycles. The average Bonchev–Trinajstić information content (AvgIpc) is 2.17. The molecule has 0 bridgehead atoms. The van der Waals surface area contributed by atoms with Gasteiger partial charge >= 0.3 is 0 Å². The summed E-state index contributed by atoms with van der Waals surface area (Å²) in [5.74, 6) is 0.630.